The fraction of sp³-hybridized carbons (Fsp3) is 0.562. The molecule has 2 N–H and O–H groups in total. The predicted octanol–water partition coefficient (Wildman–Crippen LogP) is 2.40. The van der Waals surface area contributed by atoms with Crippen molar-refractivity contribution in [3.05, 3.63) is 35.4 Å². The highest BCUT2D eigenvalue weighted by atomic mass is 16.2. The van der Waals surface area contributed by atoms with Crippen LogP contribution < -0.4 is 5.73 Å². The Hall–Kier alpha value is -1.35. The third kappa shape index (κ3) is 2.98. The fourth-order valence-electron chi connectivity index (χ4n) is 2.45. The van der Waals surface area contributed by atoms with E-state index in [-0.39, 0.29) is 17.4 Å². The van der Waals surface area contributed by atoms with Gasteiger partial charge < -0.3 is 10.6 Å². The Bertz CT molecular complexity index is 449. The van der Waals surface area contributed by atoms with Crippen molar-refractivity contribution in [1.82, 2.24) is 4.90 Å². The van der Waals surface area contributed by atoms with Crippen LogP contribution in [-0.2, 0) is 5.41 Å². The first-order chi connectivity index (χ1) is 8.79. The number of likely N-dealkylation sites (tertiary alicyclic amines) is 1. The summed E-state index contributed by atoms with van der Waals surface area (Å²) in [4.78, 5) is 14.2. The smallest absolute Gasteiger partial charge is 0.253 e. The summed E-state index contributed by atoms with van der Waals surface area (Å²) in [6.07, 6.45) is 0. The van der Waals surface area contributed by atoms with Gasteiger partial charge in [0.05, 0.1) is 0 Å². The zero-order valence-electron chi connectivity index (χ0n) is 12.3. The number of nitrogens with zero attached hydrogens (tertiary/aromatic N) is 1. The van der Waals surface area contributed by atoms with Crippen LogP contribution in [-0.4, -0.2) is 29.9 Å². The topological polar surface area (TPSA) is 46.3 Å². The van der Waals surface area contributed by atoms with Crippen LogP contribution in [0.25, 0.3) is 0 Å². The van der Waals surface area contributed by atoms with E-state index in [4.69, 9.17) is 5.73 Å². The van der Waals surface area contributed by atoms with Gasteiger partial charge in [-0.3, -0.25) is 4.79 Å². The molecule has 0 radical (unpaired) electrons. The van der Waals surface area contributed by atoms with Crippen molar-refractivity contribution in [3.63, 3.8) is 0 Å². The maximum absolute atomic E-state index is 12.4. The normalized spacial score (nSPS) is 23.7. The lowest BCUT2D eigenvalue weighted by atomic mass is 9.86. The zero-order chi connectivity index (χ0) is 14.2. The van der Waals surface area contributed by atoms with Crippen molar-refractivity contribution in [2.45, 2.75) is 39.2 Å². The molecule has 0 aliphatic carbocycles. The Morgan fingerprint density at radius 1 is 1.21 bits per heavy atom. The van der Waals surface area contributed by atoms with Gasteiger partial charge in [-0.2, -0.15) is 0 Å². The van der Waals surface area contributed by atoms with Crippen LogP contribution in [0.5, 0.6) is 0 Å². The van der Waals surface area contributed by atoms with Gasteiger partial charge >= 0.3 is 0 Å². The molecule has 2 rings (SSSR count). The van der Waals surface area contributed by atoms with Crippen LogP contribution >= 0.6 is 0 Å². The van der Waals surface area contributed by atoms with Gasteiger partial charge in [0.1, 0.15) is 0 Å². The monoisotopic (exact) mass is 260 g/mol. The number of hydrogen-bond donors (Lipinski definition) is 1. The second-order valence-corrected chi connectivity index (χ2v) is 6.68. The average molecular weight is 260 g/mol. The minimum absolute atomic E-state index is 0.0975. The Morgan fingerprint density at radius 2 is 1.79 bits per heavy atom. The Labute approximate surface area is 115 Å². The summed E-state index contributed by atoms with van der Waals surface area (Å²) in [5.41, 5.74) is 8.09. The molecule has 0 spiro atoms. The van der Waals surface area contributed by atoms with E-state index in [1.54, 1.807) is 0 Å². The van der Waals surface area contributed by atoms with E-state index in [0.717, 1.165) is 12.1 Å². The van der Waals surface area contributed by atoms with Gasteiger partial charge in [-0.05, 0) is 29.0 Å². The first-order valence-corrected chi connectivity index (χ1v) is 6.94. The van der Waals surface area contributed by atoms with Gasteiger partial charge in [0.25, 0.3) is 5.91 Å². The van der Waals surface area contributed by atoms with Crippen molar-refractivity contribution in [1.29, 1.82) is 0 Å². The van der Waals surface area contributed by atoms with Crippen molar-refractivity contribution in [2.75, 3.05) is 13.1 Å². The van der Waals surface area contributed by atoms with Crippen LogP contribution in [0.2, 0.25) is 0 Å². The average Bonchev–Trinajstić information content (AvgIpc) is 2.68. The highest BCUT2D eigenvalue weighted by Gasteiger charge is 2.30. The number of carbonyl (C=O) groups excluding carboxylic acids is 1. The molecule has 1 aromatic rings. The van der Waals surface area contributed by atoms with Crippen LogP contribution in [0.1, 0.15) is 43.6 Å². The predicted molar refractivity (Wildman–Crippen MR) is 78.2 cm³/mol. The molecule has 104 valence electrons. The van der Waals surface area contributed by atoms with Crippen molar-refractivity contribution < 1.29 is 4.79 Å². The van der Waals surface area contributed by atoms with Crippen molar-refractivity contribution in [3.8, 4) is 0 Å². The van der Waals surface area contributed by atoms with Gasteiger partial charge in [0, 0.05) is 24.7 Å². The minimum Gasteiger partial charge on any atom is -0.337 e. The number of amides is 1. The number of benzene rings is 1. The van der Waals surface area contributed by atoms with E-state index < -0.39 is 0 Å². The molecule has 1 aromatic carbocycles. The molecular formula is C16H24N2O. The molecule has 3 nitrogen and oxygen atoms in total. The molecule has 3 heteroatoms. The van der Waals surface area contributed by atoms with Crippen LogP contribution in [0.15, 0.2) is 24.3 Å². The second kappa shape index (κ2) is 4.97. The SMILES string of the molecule is CC1CN(C(=O)c2ccc(C(C)(C)C)cc2)CC1N. The van der Waals surface area contributed by atoms with Gasteiger partial charge in [-0.15, -0.1) is 0 Å². The second-order valence-electron chi connectivity index (χ2n) is 6.68. The van der Waals surface area contributed by atoms with Crippen LogP contribution in [0.3, 0.4) is 0 Å². The van der Waals surface area contributed by atoms with E-state index >= 15 is 0 Å². The fourth-order valence-corrected chi connectivity index (χ4v) is 2.45. The quantitative estimate of drug-likeness (QED) is 0.843. The Morgan fingerprint density at radius 3 is 2.21 bits per heavy atom. The summed E-state index contributed by atoms with van der Waals surface area (Å²) in [5.74, 6) is 0.484. The first kappa shape index (κ1) is 14.1. The molecule has 0 aromatic heterocycles. The highest BCUT2D eigenvalue weighted by molar-refractivity contribution is 5.94. The maximum Gasteiger partial charge on any atom is 0.253 e. The molecule has 1 heterocycles. The lowest BCUT2D eigenvalue weighted by Gasteiger charge is -2.20. The summed E-state index contributed by atoms with van der Waals surface area (Å²) < 4.78 is 0. The minimum atomic E-state index is 0.0975. The largest absolute Gasteiger partial charge is 0.337 e. The number of carbonyl (C=O) groups is 1. The van der Waals surface area contributed by atoms with Gasteiger partial charge in [0.2, 0.25) is 0 Å². The van der Waals surface area contributed by atoms with Gasteiger partial charge in [-0.25, -0.2) is 0 Å². The number of hydrogen-bond acceptors (Lipinski definition) is 2. The molecule has 0 bridgehead atoms. The first-order valence-electron chi connectivity index (χ1n) is 6.94. The summed E-state index contributed by atoms with van der Waals surface area (Å²) in [6, 6.07) is 8.06. The Balaban J connectivity index is 2.13. The van der Waals surface area contributed by atoms with E-state index in [1.165, 1.54) is 5.56 Å². The third-order valence-corrected chi connectivity index (χ3v) is 3.96. The van der Waals surface area contributed by atoms with Crippen LogP contribution in [0, 0.1) is 5.92 Å². The number of nitrogens with two attached hydrogens (primary N) is 1. The molecule has 0 saturated carbocycles. The molecular weight excluding hydrogens is 236 g/mol. The summed E-state index contributed by atoms with van der Waals surface area (Å²) >= 11 is 0. The lowest BCUT2D eigenvalue weighted by Crippen LogP contribution is -2.32. The van der Waals surface area contributed by atoms with E-state index in [9.17, 15) is 4.79 Å². The molecule has 19 heavy (non-hydrogen) atoms. The van der Waals surface area contributed by atoms with Gasteiger partial charge in [-0.1, -0.05) is 39.8 Å². The molecule has 1 aliphatic rings. The summed E-state index contributed by atoms with van der Waals surface area (Å²) in [5, 5.41) is 0. The molecule has 1 fully saturated rings. The third-order valence-electron chi connectivity index (χ3n) is 3.96. The molecule has 2 atom stereocenters. The zero-order valence-corrected chi connectivity index (χ0v) is 12.3. The molecule has 2 unspecified atom stereocenters. The van der Waals surface area contributed by atoms with E-state index in [2.05, 4.69) is 27.7 Å². The Kier molecular flexibility index (Phi) is 3.68. The summed E-state index contributed by atoms with van der Waals surface area (Å²) in [6.45, 7) is 10.0. The van der Waals surface area contributed by atoms with E-state index in [0.29, 0.717) is 12.5 Å². The van der Waals surface area contributed by atoms with Crippen molar-refractivity contribution >= 4 is 5.91 Å². The highest BCUT2D eigenvalue weighted by Crippen LogP contribution is 2.23. The van der Waals surface area contributed by atoms with Crippen LogP contribution in [0.4, 0.5) is 0 Å². The lowest BCUT2D eigenvalue weighted by molar-refractivity contribution is 0.0787. The number of rotatable bonds is 1. The standard InChI is InChI=1S/C16H24N2O/c1-11-9-18(10-14(11)17)15(19)12-5-7-13(8-6-12)16(2,3)4/h5-8,11,14H,9-10,17H2,1-4H3. The van der Waals surface area contributed by atoms with Crippen molar-refractivity contribution in [2.24, 2.45) is 11.7 Å². The summed E-state index contributed by atoms with van der Waals surface area (Å²) in [7, 11) is 0. The maximum atomic E-state index is 12.4. The van der Waals surface area contributed by atoms with E-state index in [1.807, 2.05) is 29.2 Å². The van der Waals surface area contributed by atoms with Gasteiger partial charge in [0.15, 0.2) is 0 Å². The molecule has 1 aliphatic heterocycles. The molecule has 1 amide bonds. The molecule has 1 saturated heterocycles.